The highest BCUT2D eigenvalue weighted by Gasteiger charge is 2.07. The Kier molecular flexibility index (Phi) is 8.57. The minimum absolute atomic E-state index is 0.0706. The first kappa shape index (κ1) is 13.4. The third-order valence-corrected chi connectivity index (χ3v) is 1.86. The minimum Gasteiger partial charge on any atom is -0.466 e. The van der Waals surface area contributed by atoms with Gasteiger partial charge in [0.1, 0.15) is 0 Å². The van der Waals surface area contributed by atoms with Gasteiger partial charge in [-0.3, -0.25) is 4.79 Å². The highest BCUT2D eigenvalue weighted by molar-refractivity contribution is 5.69. The highest BCUT2D eigenvalue weighted by atomic mass is 16.5. The lowest BCUT2D eigenvalue weighted by atomic mass is 10.2. The standard InChI is InChI=1S/C10H21NO3/c1-3-4-7-14-10(12)6-5-9(11)8-13-2/h9H,3-8,11H2,1-2H3/t9-/m0/s1. The van der Waals surface area contributed by atoms with E-state index in [1.54, 1.807) is 7.11 Å². The summed E-state index contributed by atoms with van der Waals surface area (Å²) in [6, 6.07) is -0.0706. The van der Waals surface area contributed by atoms with Crippen LogP contribution in [0.4, 0.5) is 0 Å². The lowest BCUT2D eigenvalue weighted by molar-refractivity contribution is -0.144. The molecule has 0 aliphatic carbocycles. The van der Waals surface area contributed by atoms with Crippen molar-refractivity contribution in [2.24, 2.45) is 5.73 Å². The van der Waals surface area contributed by atoms with Crippen molar-refractivity contribution in [1.82, 2.24) is 0 Å². The molecule has 4 nitrogen and oxygen atoms in total. The monoisotopic (exact) mass is 203 g/mol. The Bertz CT molecular complexity index is 150. The average Bonchev–Trinajstić information content (AvgIpc) is 2.16. The predicted molar refractivity (Wildman–Crippen MR) is 55.0 cm³/mol. The van der Waals surface area contributed by atoms with Crippen LogP contribution in [0, 0.1) is 0 Å². The Balaban J connectivity index is 3.34. The van der Waals surface area contributed by atoms with Gasteiger partial charge in [0, 0.05) is 19.6 Å². The first-order valence-electron chi connectivity index (χ1n) is 5.10. The van der Waals surface area contributed by atoms with Gasteiger partial charge in [-0.15, -0.1) is 0 Å². The number of esters is 1. The Hall–Kier alpha value is -0.610. The molecule has 0 rings (SSSR count). The molecule has 0 aromatic carbocycles. The van der Waals surface area contributed by atoms with Crippen molar-refractivity contribution in [2.75, 3.05) is 20.3 Å². The first-order chi connectivity index (χ1) is 6.70. The van der Waals surface area contributed by atoms with Crippen molar-refractivity contribution in [3.8, 4) is 0 Å². The van der Waals surface area contributed by atoms with Crippen molar-refractivity contribution in [1.29, 1.82) is 0 Å². The topological polar surface area (TPSA) is 61.5 Å². The Labute approximate surface area is 85.8 Å². The van der Waals surface area contributed by atoms with Gasteiger partial charge in [-0.1, -0.05) is 13.3 Å². The fourth-order valence-corrected chi connectivity index (χ4v) is 1.00. The lowest BCUT2D eigenvalue weighted by Gasteiger charge is -2.09. The summed E-state index contributed by atoms with van der Waals surface area (Å²) in [4.78, 5) is 11.1. The van der Waals surface area contributed by atoms with Crippen LogP contribution in [0.3, 0.4) is 0 Å². The summed E-state index contributed by atoms with van der Waals surface area (Å²) in [7, 11) is 1.60. The molecule has 0 aliphatic heterocycles. The zero-order chi connectivity index (χ0) is 10.8. The van der Waals surface area contributed by atoms with Crippen LogP contribution in [-0.4, -0.2) is 32.3 Å². The smallest absolute Gasteiger partial charge is 0.305 e. The number of nitrogens with two attached hydrogens (primary N) is 1. The molecule has 14 heavy (non-hydrogen) atoms. The van der Waals surface area contributed by atoms with E-state index in [9.17, 15) is 4.79 Å². The Morgan fingerprint density at radius 2 is 2.21 bits per heavy atom. The SMILES string of the molecule is CCCCOC(=O)CC[C@H](N)COC. The van der Waals surface area contributed by atoms with Gasteiger partial charge in [-0.2, -0.15) is 0 Å². The van der Waals surface area contributed by atoms with Gasteiger partial charge >= 0.3 is 5.97 Å². The Morgan fingerprint density at radius 3 is 2.79 bits per heavy atom. The van der Waals surface area contributed by atoms with E-state index >= 15 is 0 Å². The van der Waals surface area contributed by atoms with Crippen LogP contribution >= 0.6 is 0 Å². The molecule has 1 atom stereocenters. The van der Waals surface area contributed by atoms with Gasteiger partial charge in [-0.25, -0.2) is 0 Å². The van der Waals surface area contributed by atoms with Gasteiger partial charge in [0.15, 0.2) is 0 Å². The zero-order valence-corrected chi connectivity index (χ0v) is 9.12. The summed E-state index contributed by atoms with van der Waals surface area (Å²) >= 11 is 0. The number of hydrogen-bond donors (Lipinski definition) is 1. The molecule has 0 unspecified atom stereocenters. The first-order valence-corrected chi connectivity index (χ1v) is 5.10. The summed E-state index contributed by atoms with van der Waals surface area (Å²) in [6.45, 7) is 3.07. The van der Waals surface area contributed by atoms with E-state index in [1.165, 1.54) is 0 Å². The predicted octanol–water partition coefficient (Wildman–Crippen LogP) is 1.08. The second-order valence-corrected chi connectivity index (χ2v) is 3.33. The third kappa shape index (κ3) is 8.01. The molecule has 0 saturated carbocycles. The van der Waals surface area contributed by atoms with Crippen LogP contribution in [0.2, 0.25) is 0 Å². The molecule has 4 heteroatoms. The van der Waals surface area contributed by atoms with Gasteiger partial charge in [-0.05, 0) is 12.8 Å². The average molecular weight is 203 g/mol. The van der Waals surface area contributed by atoms with Crippen molar-refractivity contribution >= 4 is 5.97 Å². The number of methoxy groups -OCH3 is 1. The van der Waals surface area contributed by atoms with Crippen molar-refractivity contribution in [2.45, 2.75) is 38.6 Å². The van der Waals surface area contributed by atoms with E-state index in [2.05, 4.69) is 6.92 Å². The molecule has 0 spiro atoms. The summed E-state index contributed by atoms with van der Waals surface area (Å²) in [6.07, 6.45) is 2.97. The molecule has 0 aromatic heterocycles. The normalized spacial score (nSPS) is 12.5. The molecular formula is C10H21NO3. The number of hydrogen-bond acceptors (Lipinski definition) is 4. The molecule has 0 amide bonds. The molecule has 2 N–H and O–H groups in total. The number of ether oxygens (including phenoxy) is 2. The van der Waals surface area contributed by atoms with Crippen molar-refractivity contribution in [3.05, 3.63) is 0 Å². The Morgan fingerprint density at radius 1 is 1.50 bits per heavy atom. The second-order valence-electron chi connectivity index (χ2n) is 3.33. The van der Waals surface area contributed by atoms with E-state index in [4.69, 9.17) is 15.2 Å². The van der Waals surface area contributed by atoms with Gasteiger partial charge < -0.3 is 15.2 Å². The maximum absolute atomic E-state index is 11.1. The number of carbonyl (C=O) groups is 1. The van der Waals surface area contributed by atoms with Gasteiger partial charge in [0.25, 0.3) is 0 Å². The molecule has 84 valence electrons. The summed E-state index contributed by atoms with van der Waals surface area (Å²) in [5, 5.41) is 0. The second kappa shape index (κ2) is 8.97. The van der Waals surface area contributed by atoms with Crippen LogP contribution < -0.4 is 5.73 Å². The molecule has 0 aliphatic rings. The van der Waals surface area contributed by atoms with Crippen LogP contribution in [0.25, 0.3) is 0 Å². The summed E-state index contributed by atoms with van der Waals surface area (Å²) < 4.78 is 9.83. The van der Waals surface area contributed by atoms with E-state index in [0.29, 0.717) is 26.1 Å². The van der Waals surface area contributed by atoms with Crippen LogP contribution in [-0.2, 0) is 14.3 Å². The number of unbranched alkanes of at least 4 members (excludes halogenated alkanes) is 1. The number of carbonyl (C=O) groups excluding carboxylic acids is 1. The quantitative estimate of drug-likeness (QED) is 0.473. The summed E-state index contributed by atoms with van der Waals surface area (Å²) in [5.74, 6) is -0.162. The molecule has 0 bridgehead atoms. The van der Waals surface area contributed by atoms with Gasteiger partial charge in [0.05, 0.1) is 13.2 Å². The third-order valence-electron chi connectivity index (χ3n) is 1.86. The van der Waals surface area contributed by atoms with Crippen molar-refractivity contribution in [3.63, 3.8) is 0 Å². The molecular weight excluding hydrogens is 182 g/mol. The molecule has 0 fully saturated rings. The minimum atomic E-state index is -0.162. The fourth-order valence-electron chi connectivity index (χ4n) is 1.00. The molecule has 0 aromatic rings. The van der Waals surface area contributed by atoms with E-state index in [0.717, 1.165) is 12.8 Å². The highest BCUT2D eigenvalue weighted by Crippen LogP contribution is 1.98. The van der Waals surface area contributed by atoms with Crippen LogP contribution in [0.15, 0.2) is 0 Å². The molecule has 0 heterocycles. The van der Waals surface area contributed by atoms with E-state index in [-0.39, 0.29) is 12.0 Å². The van der Waals surface area contributed by atoms with Crippen molar-refractivity contribution < 1.29 is 14.3 Å². The molecule has 0 radical (unpaired) electrons. The largest absolute Gasteiger partial charge is 0.466 e. The zero-order valence-electron chi connectivity index (χ0n) is 9.12. The van der Waals surface area contributed by atoms with Gasteiger partial charge in [0.2, 0.25) is 0 Å². The summed E-state index contributed by atoms with van der Waals surface area (Å²) in [5.41, 5.74) is 5.65. The maximum atomic E-state index is 11.1. The fraction of sp³-hybridized carbons (Fsp3) is 0.900. The lowest BCUT2D eigenvalue weighted by Crippen LogP contribution is -2.26. The van der Waals surface area contributed by atoms with Crippen LogP contribution in [0.1, 0.15) is 32.6 Å². The van der Waals surface area contributed by atoms with E-state index in [1.807, 2.05) is 0 Å². The van der Waals surface area contributed by atoms with Crippen LogP contribution in [0.5, 0.6) is 0 Å². The number of rotatable bonds is 8. The van der Waals surface area contributed by atoms with E-state index < -0.39 is 0 Å². The maximum Gasteiger partial charge on any atom is 0.305 e. The molecule has 0 saturated heterocycles.